The number of para-hydroxylation sites is 1. The molecule has 0 spiro atoms. The van der Waals surface area contributed by atoms with E-state index in [0.29, 0.717) is 37.7 Å². The molecule has 2 amide bonds. The maximum atomic E-state index is 12.7. The Labute approximate surface area is 190 Å². The second-order valence-corrected chi connectivity index (χ2v) is 8.77. The Morgan fingerprint density at radius 1 is 1.03 bits per heavy atom. The molecule has 0 bridgehead atoms. The number of aryl methyl sites for hydroxylation is 1. The molecule has 1 aliphatic rings. The molecular formula is C24H24N6OS. The van der Waals surface area contributed by atoms with Gasteiger partial charge in [-0.1, -0.05) is 24.3 Å². The lowest BCUT2D eigenvalue weighted by atomic mass is 10.1. The summed E-state index contributed by atoms with van der Waals surface area (Å²) in [4.78, 5) is 27.4. The van der Waals surface area contributed by atoms with E-state index in [1.54, 1.807) is 11.3 Å². The molecule has 3 heterocycles. The smallest absolute Gasteiger partial charge is 0.321 e. The first kappa shape index (κ1) is 20.3. The van der Waals surface area contributed by atoms with Gasteiger partial charge in [-0.25, -0.2) is 14.8 Å². The zero-order valence-electron chi connectivity index (χ0n) is 17.8. The molecule has 0 radical (unpaired) electrons. The average Bonchev–Trinajstić information content (AvgIpc) is 3.28. The summed E-state index contributed by atoms with van der Waals surface area (Å²) in [5.74, 6) is 1.53. The van der Waals surface area contributed by atoms with Gasteiger partial charge in [0, 0.05) is 43.1 Å². The minimum absolute atomic E-state index is 0.0728. The van der Waals surface area contributed by atoms with Crippen LogP contribution in [0.4, 0.5) is 22.0 Å². The molecule has 162 valence electrons. The zero-order valence-corrected chi connectivity index (χ0v) is 18.6. The molecule has 0 unspecified atom stereocenters. The van der Waals surface area contributed by atoms with Gasteiger partial charge in [-0.15, -0.1) is 11.3 Å². The average molecular weight is 445 g/mol. The molecule has 3 N–H and O–H groups in total. The van der Waals surface area contributed by atoms with Gasteiger partial charge in [0.1, 0.15) is 10.6 Å². The molecule has 4 aromatic rings. The summed E-state index contributed by atoms with van der Waals surface area (Å²) >= 11 is 1.59. The van der Waals surface area contributed by atoms with Crippen LogP contribution in [0, 0.1) is 6.92 Å². The number of amides is 2. The van der Waals surface area contributed by atoms with E-state index in [0.717, 1.165) is 32.8 Å². The van der Waals surface area contributed by atoms with Crippen molar-refractivity contribution in [3.8, 4) is 11.4 Å². The van der Waals surface area contributed by atoms with Crippen molar-refractivity contribution in [2.24, 2.45) is 0 Å². The highest BCUT2D eigenvalue weighted by Crippen LogP contribution is 2.32. The standard InChI is InChI=1S/C24H24N6OS/c1-16-5-4-6-17(15-16)26-24(31)30-12-10-29(11-13-30)22-19-9-14-32-23(19)28-21(27-22)18-7-2-3-8-20(18)25/h2-9,14-15H,10-13,25H2,1H3,(H,26,31). The van der Waals surface area contributed by atoms with Crippen molar-refractivity contribution < 1.29 is 4.79 Å². The number of rotatable bonds is 3. The van der Waals surface area contributed by atoms with Crippen molar-refractivity contribution in [1.82, 2.24) is 14.9 Å². The van der Waals surface area contributed by atoms with Crippen LogP contribution in [0.1, 0.15) is 5.56 Å². The minimum Gasteiger partial charge on any atom is -0.398 e. The van der Waals surface area contributed by atoms with E-state index in [1.165, 1.54) is 0 Å². The quantitative estimate of drug-likeness (QED) is 0.451. The van der Waals surface area contributed by atoms with Crippen molar-refractivity contribution in [2.45, 2.75) is 6.92 Å². The normalized spacial score (nSPS) is 14.0. The van der Waals surface area contributed by atoms with Gasteiger partial charge in [-0.2, -0.15) is 0 Å². The Morgan fingerprint density at radius 3 is 2.62 bits per heavy atom. The van der Waals surface area contributed by atoms with Gasteiger partial charge in [0.2, 0.25) is 0 Å². The summed E-state index contributed by atoms with van der Waals surface area (Å²) in [7, 11) is 0. The first-order valence-corrected chi connectivity index (χ1v) is 11.4. The van der Waals surface area contributed by atoms with Crippen LogP contribution in [0.15, 0.2) is 60.0 Å². The number of urea groups is 1. The van der Waals surface area contributed by atoms with Crippen LogP contribution >= 0.6 is 11.3 Å². The SMILES string of the molecule is Cc1cccc(NC(=O)N2CCN(c3nc(-c4ccccc4N)nc4sccc34)CC2)c1. The van der Waals surface area contributed by atoms with Crippen LogP contribution < -0.4 is 16.0 Å². The van der Waals surface area contributed by atoms with E-state index in [4.69, 9.17) is 15.7 Å². The van der Waals surface area contributed by atoms with E-state index in [2.05, 4.69) is 16.3 Å². The molecule has 0 aliphatic carbocycles. The predicted molar refractivity (Wildman–Crippen MR) is 131 cm³/mol. The molecule has 32 heavy (non-hydrogen) atoms. The molecule has 1 saturated heterocycles. The summed E-state index contributed by atoms with van der Waals surface area (Å²) in [6.45, 7) is 4.66. The number of hydrogen-bond donors (Lipinski definition) is 2. The Morgan fingerprint density at radius 2 is 1.84 bits per heavy atom. The van der Waals surface area contributed by atoms with E-state index in [9.17, 15) is 4.79 Å². The molecule has 8 heteroatoms. The molecule has 1 fully saturated rings. The third-order valence-corrected chi connectivity index (χ3v) is 6.45. The molecule has 0 atom stereocenters. The topological polar surface area (TPSA) is 87.4 Å². The fraction of sp³-hybridized carbons (Fsp3) is 0.208. The van der Waals surface area contributed by atoms with E-state index in [-0.39, 0.29) is 6.03 Å². The fourth-order valence-electron chi connectivity index (χ4n) is 3.95. The van der Waals surface area contributed by atoms with Gasteiger partial charge in [-0.3, -0.25) is 0 Å². The fourth-order valence-corrected chi connectivity index (χ4v) is 4.71. The molecule has 7 nitrogen and oxygen atoms in total. The highest BCUT2D eigenvalue weighted by Gasteiger charge is 2.24. The number of thiophene rings is 1. The summed E-state index contributed by atoms with van der Waals surface area (Å²) < 4.78 is 0. The Balaban J connectivity index is 1.35. The number of hydrogen-bond acceptors (Lipinski definition) is 6. The minimum atomic E-state index is -0.0728. The molecule has 2 aromatic heterocycles. The van der Waals surface area contributed by atoms with Gasteiger partial charge in [0.05, 0.1) is 5.39 Å². The maximum absolute atomic E-state index is 12.7. The van der Waals surface area contributed by atoms with Gasteiger partial charge < -0.3 is 20.9 Å². The van der Waals surface area contributed by atoms with Crippen LogP contribution in [0.25, 0.3) is 21.6 Å². The van der Waals surface area contributed by atoms with E-state index >= 15 is 0 Å². The first-order chi connectivity index (χ1) is 15.6. The highest BCUT2D eigenvalue weighted by atomic mass is 32.1. The number of nitrogens with one attached hydrogen (secondary N) is 1. The van der Waals surface area contributed by atoms with Crippen molar-refractivity contribution in [3.63, 3.8) is 0 Å². The maximum Gasteiger partial charge on any atom is 0.321 e. The number of carbonyl (C=O) groups is 1. The number of nitrogens with two attached hydrogens (primary N) is 1. The van der Waals surface area contributed by atoms with Gasteiger partial charge >= 0.3 is 6.03 Å². The Bertz CT molecular complexity index is 1280. The molecular weight excluding hydrogens is 420 g/mol. The number of nitrogen functional groups attached to an aromatic ring is 1. The van der Waals surface area contributed by atoms with E-state index < -0.39 is 0 Å². The second-order valence-electron chi connectivity index (χ2n) is 7.87. The predicted octanol–water partition coefficient (Wildman–Crippen LogP) is 4.60. The lowest BCUT2D eigenvalue weighted by Crippen LogP contribution is -2.50. The third-order valence-electron chi connectivity index (χ3n) is 5.64. The van der Waals surface area contributed by atoms with Gasteiger partial charge in [-0.05, 0) is 48.2 Å². The number of piperazine rings is 1. The number of carbonyl (C=O) groups excluding carboxylic acids is 1. The largest absolute Gasteiger partial charge is 0.398 e. The molecule has 5 rings (SSSR count). The van der Waals surface area contributed by atoms with Crippen LogP contribution in [0.3, 0.4) is 0 Å². The van der Waals surface area contributed by atoms with Crippen LogP contribution in [-0.4, -0.2) is 47.1 Å². The van der Waals surface area contributed by atoms with Crippen molar-refractivity contribution >= 4 is 44.8 Å². The summed E-state index contributed by atoms with van der Waals surface area (Å²) in [6, 6.07) is 17.5. The van der Waals surface area contributed by atoms with Crippen LogP contribution in [0.5, 0.6) is 0 Å². The monoisotopic (exact) mass is 444 g/mol. The molecule has 0 saturated carbocycles. The number of benzene rings is 2. The van der Waals surface area contributed by atoms with Gasteiger partial charge in [0.15, 0.2) is 5.82 Å². The lowest BCUT2D eigenvalue weighted by Gasteiger charge is -2.35. The number of aromatic nitrogens is 2. The Kier molecular flexibility index (Phi) is 5.36. The third kappa shape index (κ3) is 3.97. The van der Waals surface area contributed by atoms with Crippen molar-refractivity contribution in [3.05, 3.63) is 65.5 Å². The van der Waals surface area contributed by atoms with E-state index in [1.807, 2.05) is 65.7 Å². The van der Waals surface area contributed by atoms with Gasteiger partial charge in [0.25, 0.3) is 0 Å². The van der Waals surface area contributed by atoms with Crippen LogP contribution in [-0.2, 0) is 0 Å². The summed E-state index contributed by atoms with van der Waals surface area (Å²) in [6.07, 6.45) is 0. The Hall–Kier alpha value is -3.65. The molecule has 1 aliphatic heterocycles. The van der Waals surface area contributed by atoms with Crippen LogP contribution in [0.2, 0.25) is 0 Å². The summed E-state index contributed by atoms with van der Waals surface area (Å²) in [5, 5.41) is 6.07. The highest BCUT2D eigenvalue weighted by molar-refractivity contribution is 7.16. The summed E-state index contributed by atoms with van der Waals surface area (Å²) in [5.41, 5.74) is 9.61. The lowest BCUT2D eigenvalue weighted by molar-refractivity contribution is 0.208. The van der Waals surface area contributed by atoms with Crippen molar-refractivity contribution in [1.29, 1.82) is 0 Å². The second kappa shape index (κ2) is 8.47. The zero-order chi connectivity index (χ0) is 22.1. The molecule has 2 aromatic carbocycles. The van der Waals surface area contributed by atoms with Crippen molar-refractivity contribution in [2.75, 3.05) is 42.1 Å². The number of anilines is 3. The first-order valence-electron chi connectivity index (χ1n) is 10.6. The number of nitrogens with zero attached hydrogens (tertiary/aromatic N) is 4. The number of fused-ring (bicyclic) bond motifs is 1.